The maximum absolute atomic E-state index is 5.36. The molecule has 2 N–H and O–H groups in total. The van der Waals surface area contributed by atoms with Gasteiger partial charge in [0, 0.05) is 5.41 Å². The van der Waals surface area contributed by atoms with Crippen molar-refractivity contribution in [3.8, 4) is 0 Å². The number of aromatic nitrogens is 2. The molecular weight excluding hydrogens is 166 g/mol. The van der Waals surface area contributed by atoms with Crippen LogP contribution in [0.1, 0.15) is 45.9 Å². The molecule has 0 unspecified atom stereocenters. The lowest BCUT2D eigenvalue weighted by molar-refractivity contribution is 0.347. The van der Waals surface area contributed by atoms with E-state index in [0.29, 0.717) is 5.89 Å². The molecule has 0 spiro atoms. The Bertz CT molecular complexity index is 268. The lowest BCUT2D eigenvalue weighted by Gasteiger charge is -2.18. The van der Waals surface area contributed by atoms with Crippen LogP contribution in [0.15, 0.2) is 4.42 Å². The van der Waals surface area contributed by atoms with E-state index < -0.39 is 0 Å². The maximum atomic E-state index is 5.36. The lowest BCUT2D eigenvalue weighted by Crippen LogP contribution is -2.17. The molecule has 4 heteroatoms. The fraction of sp³-hybridized carbons (Fsp3) is 0.778. The summed E-state index contributed by atoms with van der Waals surface area (Å²) < 4.78 is 5.20. The van der Waals surface area contributed by atoms with Gasteiger partial charge in [-0.1, -0.05) is 38.7 Å². The Morgan fingerprint density at radius 3 is 2.54 bits per heavy atom. The van der Waals surface area contributed by atoms with Crippen molar-refractivity contribution in [2.45, 2.75) is 45.4 Å². The number of hydrogen-bond donors (Lipinski definition) is 1. The van der Waals surface area contributed by atoms with Gasteiger partial charge in [0.05, 0.1) is 0 Å². The molecule has 13 heavy (non-hydrogen) atoms. The fourth-order valence-electron chi connectivity index (χ4n) is 1.23. The van der Waals surface area contributed by atoms with Crippen LogP contribution >= 0.6 is 0 Å². The number of hydrogen-bond acceptors (Lipinski definition) is 4. The topological polar surface area (TPSA) is 64.9 Å². The third kappa shape index (κ3) is 2.44. The third-order valence-electron chi connectivity index (χ3n) is 2.17. The second-order valence-electron chi connectivity index (χ2n) is 3.93. The quantitative estimate of drug-likeness (QED) is 0.776. The normalized spacial score (nSPS) is 11.9. The summed E-state index contributed by atoms with van der Waals surface area (Å²) in [5, 5.41) is 7.55. The van der Waals surface area contributed by atoms with Crippen molar-refractivity contribution in [2.75, 3.05) is 5.73 Å². The molecule has 0 saturated heterocycles. The Kier molecular flexibility index (Phi) is 2.90. The molecule has 0 aromatic carbocycles. The number of nitrogen functional groups attached to an aromatic ring is 1. The molecule has 0 bridgehead atoms. The largest absolute Gasteiger partial charge is 0.408 e. The molecule has 0 aliphatic carbocycles. The Labute approximate surface area is 78.5 Å². The van der Waals surface area contributed by atoms with Gasteiger partial charge in [0.25, 0.3) is 0 Å². The van der Waals surface area contributed by atoms with E-state index in [0.717, 1.165) is 12.8 Å². The molecule has 4 nitrogen and oxygen atoms in total. The molecule has 1 rings (SSSR count). The number of nitrogens with zero attached hydrogens (tertiary/aromatic N) is 2. The number of anilines is 1. The number of unbranched alkanes of at least 4 members (excludes halogenated alkanes) is 1. The van der Waals surface area contributed by atoms with Gasteiger partial charge in [-0.15, -0.1) is 5.10 Å². The summed E-state index contributed by atoms with van der Waals surface area (Å²) in [5.74, 6) is 0.637. The highest BCUT2D eigenvalue weighted by Crippen LogP contribution is 2.27. The SMILES string of the molecule is CCCCC(C)(C)c1nnc(N)o1. The Morgan fingerprint density at radius 1 is 1.38 bits per heavy atom. The molecule has 0 aliphatic rings. The Hall–Kier alpha value is -1.06. The molecule has 74 valence electrons. The van der Waals surface area contributed by atoms with Crippen LogP contribution in [0.25, 0.3) is 0 Å². The van der Waals surface area contributed by atoms with Crippen LogP contribution in [0, 0.1) is 0 Å². The molecule has 0 aliphatic heterocycles. The van der Waals surface area contributed by atoms with Gasteiger partial charge in [-0.05, 0) is 6.42 Å². The lowest BCUT2D eigenvalue weighted by atomic mass is 9.87. The van der Waals surface area contributed by atoms with Gasteiger partial charge in [-0.25, -0.2) is 0 Å². The summed E-state index contributed by atoms with van der Waals surface area (Å²) in [4.78, 5) is 0. The van der Waals surface area contributed by atoms with E-state index in [1.165, 1.54) is 6.42 Å². The summed E-state index contributed by atoms with van der Waals surface area (Å²) in [5.41, 5.74) is 5.31. The molecular formula is C9H17N3O. The van der Waals surface area contributed by atoms with Crippen LogP contribution in [-0.2, 0) is 5.41 Å². The van der Waals surface area contributed by atoms with Crippen LogP contribution in [0.3, 0.4) is 0 Å². The zero-order chi connectivity index (χ0) is 9.90. The van der Waals surface area contributed by atoms with E-state index in [4.69, 9.17) is 10.2 Å². The molecule has 0 saturated carbocycles. The minimum atomic E-state index is -0.0549. The first-order valence-electron chi connectivity index (χ1n) is 4.65. The van der Waals surface area contributed by atoms with E-state index in [2.05, 4.69) is 31.0 Å². The van der Waals surface area contributed by atoms with Crippen LogP contribution in [0.2, 0.25) is 0 Å². The van der Waals surface area contributed by atoms with Crippen LogP contribution < -0.4 is 5.73 Å². The predicted octanol–water partition coefficient (Wildman–Crippen LogP) is 2.12. The first-order valence-corrected chi connectivity index (χ1v) is 4.65. The number of nitrogens with two attached hydrogens (primary N) is 1. The minimum Gasteiger partial charge on any atom is -0.408 e. The van der Waals surface area contributed by atoms with Crippen LogP contribution in [0.5, 0.6) is 0 Å². The summed E-state index contributed by atoms with van der Waals surface area (Å²) >= 11 is 0. The summed E-state index contributed by atoms with van der Waals surface area (Å²) in [7, 11) is 0. The van der Waals surface area contributed by atoms with Crippen LogP contribution in [0.4, 0.5) is 6.01 Å². The molecule has 0 amide bonds. The van der Waals surface area contributed by atoms with Crippen molar-refractivity contribution in [3.05, 3.63) is 5.89 Å². The zero-order valence-corrected chi connectivity index (χ0v) is 8.50. The molecule has 1 aromatic heterocycles. The molecule has 0 atom stereocenters. The van der Waals surface area contributed by atoms with Gasteiger partial charge in [0.2, 0.25) is 5.89 Å². The first kappa shape index (κ1) is 10.0. The van der Waals surface area contributed by atoms with Crippen LogP contribution in [-0.4, -0.2) is 10.2 Å². The molecule has 0 fully saturated rings. The number of rotatable bonds is 4. The minimum absolute atomic E-state index is 0.0549. The van der Waals surface area contributed by atoms with Crippen molar-refractivity contribution in [3.63, 3.8) is 0 Å². The second-order valence-corrected chi connectivity index (χ2v) is 3.93. The van der Waals surface area contributed by atoms with Crippen molar-refractivity contribution in [2.24, 2.45) is 0 Å². The van der Waals surface area contributed by atoms with Crippen molar-refractivity contribution in [1.82, 2.24) is 10.2 Å². The van der Waals surface area contributed by atoms with Crippen molar-refractivity contribution in [1.29, 1.82) is 0 Å². The monoisotopic (exact) mass is 183 g/mol. The third-order valence-corrected chi connectivity index (χ3v) is 2.17. The van der Waals surface area contributed by atoms with Gasteiger partial charge in [-0.3, -0.25) is 0 Å². The molecule has 0 radical (unpaired) electrons. The summed E-state index contributed by atoms with van der Waals surface area (Å²) in [6.07, 6.45) is 3.38. The highest BCUT2D eigenvalue weighted by atomic mass is 16.4. The first-order chi connectivity index (χ1) is 6.06. The predicted molar refractivity (Wildman–Crippen MR) is 51.3 cm³/mol. The van der Waals surface area contributed by atoms with Crippen molar-refractivity contribution < 1.29 is 4.42 Å². The van der Waals surface area contributed by atoms with Gasteiger partial charge >= 0.3 is 6.01 Å². The standard InChI is InChI=1S/C9H17N3O/c1-4-5-6-9(2,3)7-11-12-8(10)13-7/h4-6H2,1-3H3,(H2,10,12). The molecule has 1 heterocycles. The Balaban J connectivity index is 2.68. The van der Waals surface area contributed by atoms with E-state index in [9.17, 15) is 0 Å². The summed E-state index contributed by atoms with van der Waals surface area (Å²) in [6.45, 7) is 6.35. The van der Waals surface area contributed by atoms with E-state index in [1.54, 1.807) is 0 Å². The second kappa shape index (κ2) is 3.77. The van der Waals surface area contributed by atoms with Gasteiger partial charge in [0.1, 0.15) is 0 Å². The zero-order valence-electron chi connectivity index (χ0n) is 8.50. The van der Waals surface area contributed by atoms with E-state index in [1.807, 2.05) is 0 Å². The summed E-state index contributed by atoms with van der Waals surface area (Å²) in [6, 6.07) is 0.152. The maximum Gasteiger partial charge on any atom is 0.312 e. The van der Waals surface area contributed by atoms with Gasteiger partial charge in [0.15, 0.2) is 0 Å². The highest BCUT2D eigenvalue weighted by Gasteiger charge is 2.26. The average Bonchev–Trinajstić information content (AvgIpc) is 2.49. The van der Waals surface area contributed by atoms with Gasteiger partial charge in [-0.2, -0.15) is 0 Å². The fourth-order valence-corrected chi connectivity index (χ4v) is 1.23. The van der Waals surface area contributed by atoms with E-state index >= 15 is 0 Å². The molecule has 1 aromatic rings. The average molecular weight is 183 g/mol. The highest BCUT2D eigenvalue weighted by molar-refractivity contribution is 5.09. The van der Waals surface area contributed by atoms with Gasteiger partial charge < -0.3 is 10.2 Å². The van der Waals surface area contributed by atoms with Crippen molar-refractivity contribution >= 4 is 6.01 Å². The van der Waals surface area contributed by atoms with E-state index in [-0.39, 0.29) is 11.4 Å². The smallest absolute Gasteiger partial charge is 0.312 e. The Morgan fingerprint density at radius 2 is 2.08 bits per heavy atom.